The van der Waals surface area contributed by atoms with Gasteiger partial charge in [0.15, 0.2) is 0 Å². The van der Waals surface area contributed by atoms with Crippen molar-refractivity contribution in [3.8, 4) is 0 Å². The van der Waals surface area contributed by atoms with E-state index in [4.69, 9.17) is 4.74 Å². The minimum absolute atomic E-state index is 0.160. The number of allylic oxidation sites excluding steroid dienone is 1. The molecule has 0 aromatic heterocycles. The highest BCUT2D eigenvalue weighted by Gasteiger charge is 2.52. The zero-order valence-electron chi connectivity index (χ0n) is 12.9. The molecule has 0 heterocycles. The zero-order valence-corrected chi connectivity index (χ0v) is 12.9. The average Bonchev–Trinajstić information content (AvgIpc) is 2.78. The molecule has 0 N–H and O–H groups in total. The van der Waals surface area contributed by atoms with Crippen LogP contribution in [0.25, 0.3) is 0 Å². The van der Waals surface area contributed by atoms with Crippen molar-refractivity contribution in [1.82, 2.24) is 0 Å². The Balaban J connectivity index is 2.18. The predicted molar refractivity (Wildman–Crippen MR) is 78.1 cm³/mol. The number of hydrogen-bond donors (Lipinski definition) is 0. The van der Waals surface area contributed by atoms with Crippen LogP contribution in [0, 0.1) is 23.2 Å². The first kappa shape index (κ1) is 15.3. The van der Waals surface area contributed by atoms with Gasteiger partial charge in [-0.2, -0.15) is 0 Å². The number of ether oxygens (including phenoxy) is 1. The number of esters is 1. The molecule has 2 fully saturated rings. The SMILES string of the molecule is C=C(C)C1CCC2(C1)C(C)CC(=O)CC2COC(C)=O. The largest absolute Gasteiger partial charge is 0.466 e. The minimum Gasteiger partial charge on any atom is -0.466 e. The highest BCUT2D eigenvalue weighted by Crippen LogP contribution is 2.57. The molecule has 1 spiro atoms. The molecule has 2 aliphatic rings. The number of hydrogen-bond acceptors (Lipinski definition) is 3. The van der Waals surface area contributed by atoms with E-state index in [1.54, 1.807) is 0 Å². The van der Waals surface area contributed by atoms with Crippen LogP contribution in [-0.2, 0) is 14.3 Å². The monoisotopic (exact) mass is 278 g/mol. The fourth-order valence-electron chi connectivity index (χ4n) is 4.30. The molecule has 4 atom stereocenters. The topological polar surface area (TPSA) is 43.4 Å². The van der Waals surface area contributed by atoms with Crippen molar-refractivity contribution >= 4 is 11.8 Å². The third-order valence-corrected chi connectivity index (χ3v) is 5.57. The van der Waals surface area contributed by atoms with Crippen molar-refractivity contribution in [1.29, 1.82) is 0 Å². The summed E-state index contributed by atoms with van der Waals surface area (Å²) in [4.78, 5) is 23.0. The smallest absolute Gasteiger partial charge is 0.302 e. The lowest BCUT2D eigenvalue weighted by atomic mass is 9.59. The molecule has 2 saturated carbocycles. The summed E-state index contributed by atoms with van der Waals surface area (Å²) in [7, 11) is 0. The lowest BCUT2D eigenvalue weighted by molar-refractivity contribution is -0.148. The molecular weight excluding hydrogens is 252 g/mol. The van der Waals surface area contributed by atoms with Gasteiger partial charge >= 0.3 is 5.97 Å². The van der Waals surface area contributed by atoms with E-state index in [1.807, 2.05) is 0 Å². The summed E-state index contributed by atoms with van der Waals surface area (Å²) >= 11 is 0. The van der Waals surface area contributed by atoms with Crippen LogP contribution in [0.1, 0.15) is 52.9 Å². The second-order valence-corrected chi connectivity index (χ2v) is 6.87. The van der Waals surface area contributed by atoms with E-state index in [0.717, 1.165) is 19.3 Å². The first-order valence-corrected chi connectivity index (χ1v) is 7.65. The van der Waals surface area contributed by atoms with Crippen LogP contribution in [-0.4, -0.2) is 18.4 Å². The van der Waals surface area contributed by atoms with Crippen molar-refractivity contribution < 1.29 is 14.3 Å². The van der Waals surface area contributed by atoms with Crippen LogP contribution >= 0.6 is 0 Å². The molecular formula is C17H26O3. The summed E-state index contributed by atoms with van der Waals surface area (Å²) in [5.41, 5.74) is 1.41. The number of carbonyl (C=O) groups is 2. The van der Waals surface area contributed by atoms with Crippen molar-refractivity contribution in [3.05, 3.63) is 12.2 Å². The molecule has 3 heteroatoms. The van der Waals surface area contributed by atoms with E-state index in [-0.39, 0.29) is 17.3 Å². The summed E-state index contributed by atoms with van der Waals surface area (Å²) in [5.74, 6) is 1.20. The predicted octanol–water partition coefficient (Wildman–Crippen LogP) is 3.53. The first-order chi connectivity index (χ1) is 9.35. The van der Waals surface area contributed by atoms with Gasteiger partial charge in [0.1, 0.15) is 5.78 Å². The molecule has 0 aromatic carbocycles. The average molecular weight is 278 g/mol. The molecule has 2 rings (SSSR count). The van der Waals surface area contributed by atoms with Crippen LogP contribution in [0.2, 0.25) is 0 Å². The fourth-order valence-corrected chi connectivity index (χ4v) is 4.30. The van der Waals surface area contributed by atoms with Gasteiger partial charge in [0.2, 0.25) is 0 Å². The lowest BCUT2D eigenvalue weighted by Crippen LogP contribution is -2.44. The Bertz CT molecular complexity index is 426. The second-order valence-electron chi connectivity index (χ2n) is 6.87. The Morgan fingerprint density at radius 2 is 2.10 bits per heavy atom. The Morgan fingerprint density at radius 3 is 2.65 bits per heavy atom. The third-order valence-electron chi connectivity index (χ3n) is 5.57. The number of Topliss-reactive ketones (excluding diaryl/α,β-unsaturated/α-hetero) is 1. The molecule has 0 saturated heterocycles. The van der Waals surface area contributed by atoms with Crippen LogP contribution in [0.3, 0.4) is 0 Å². The maximum Gasteiger partial charge on any atom is 0.302 e. The number of carbonyl (C=O) groups excluding carboxylic acids is 2. The van der Waals surface area contributed by atoms with Crippen LogP contribution in [0.4, 0.5) is 0 Å². The molecule has 112 valence electrons. The van der Waals surface area contributed by atoms with E-state index < -0.39 is 0 Å². The van der Waals surface area contributed by atoms with Gasteiger partial charge in [-0.05, 0) is 43.4 Å². The third kappa shape index (κ3) is 2.82. The molecule has 20 heavy (non-hydrogen) atoms. The minimum atomic E-state index is -0.250. The maximum atomic E-state index is 11.9. The summed E-state index contributed by atoms with van der Waals surface area (Å²) in [6, 6.07) is 0. The van der Waals surface area contributed by atoms with Crippen LogP contribution < -0.4 is 0 Å². The van der Waals surface area contributed by atoms with Crippen molar-refractivity contribution in [2.45, 2.75) is 52.9 Å². The van der Waals surface area contributed by atoms with Crippen molar-refractivity contribution in [2.24, 2.45) is 23.2 Å². The molecule has 4 unspecified atom stereocenters. The normalized spacial score (nSPS) is 37.1. The van der Waals surface area contributed by atoms with Crippen molar-refractivity contribution in [3.63, 3.8) is 0 Å². The molecule has 0 bridgehead atoms. The van der Waals surface area contributed by atoms with Gasteiger partial charge in [0.05, 0.1) is 6.61 Å². The van der Waals surface area contributed by atoms with Gasteiger partial charge in [-0.3, -0.25) is 9.59 Å². The summed E-state index contributed by atoms with van der Waals surface area (Å²) in [6.07, 6.45) is 4.64. The quantitative estimate of drug-likeness (QED) is 0.586. The Morgan fingerprint density at radius 1 is 1.40 bits per heavy atom. The highest BCUT2D eigenvalue weighted by molar-refractivity contribution is 5.80. The molecule has 0 aromatic rings. The molecule has 0 amide bonds. The van der Waals surface area contributed by atoms with Gasteiger partial charge in [0.25, 0.3) is 0 Å². The Labute approximate surface area is 121 Å². The van der Waals surface area contributed by atoms with Crippen LogP contribution in [0.5, 0.6) is 0 Å². The Hall–Kier alpha value is -1.12. The van der Waals surface area contributed by atoms with Crippen molar-refractivity contribution in [2.75, 3.05) is 6.61 Å². The summed E-state index contributed by atoms with van der Waals surface area (Å²) in [6.45, 7) is 10.2. The standard InChI is InChI=1S/C17H26O3/c1-11(2)14-5-6-17(9-14)12(3)7-16(19)8-15(17)10-20-13(4)18/h12,14-15H,1,5-10H2,2-4H3. The Kier molecular flexibility index (Phi) is 4.36. The van der Waals surface area contributed by atoms with E-state index in [1.165, 1.54) is 12.5 Å². The fraction of sp³-hybridized carbons (Fsp3) is 0.765. The molecule has 0 radical (unpaired) electrons. The maximum absolute atomic E-state index is 11.9. The van der Waals surface area contributed by atoms with Crippen LogP contribution in [0.15, 0.2) is 12.2 Å². The lowest BCUT2D eigenvalue weighted by Gasteiger charge is -2.46. The first-order valence-electron chi connectivity index (χ1n) is 7.65. The zero-order chi connectivity index (χ0) is 14.9. The number of ketones is 1. The van der Waals surface area contributed by atoms with Gasteiger partial charge in [0, 0.05) is 25.7 Å². The molecule has 3 nitrogen and oxygen atoms in total. The van der Waals surface area contributed by atoms with E-state index in [2.05, 4.69) is 20.4 Å². The van der Waals surface area contributed by atoms with Gasteiger partial charge < -0.3 is 4.74 Å². The summed E-state index contributed by atoms with van der Waals surface area (Å²) in [5, 5.41) is 0. The molecule has 0 aliphatic heterocycles. The van der Waals surface area contributed by atoms with E-state index >= 15 is 0 Å². The van der Waals surface area contributed by atoms with Gasteiger partial charge in [-0.25, -0.2) is 0 Å². The molecule has 2 aliphatic carbocycles. The van der Waals surface area contributed by atoms with E-state index in [9.17, 15) is 9.59 Å². The van der Waals surface area contributed by atoms with E-state index in [0.29, 0.717) is 37.1 Å². The van der Waals surface area contributed by atoms with Gasteiger partial charge in [-0.15, -0.1) is 0 Å². The summed E-state index contributed by atoms with van der Waals surface area (Å²) < 4.78 is 5.25. The highest BCUT2D eigenvalue weighted by atomic mass is 16.5. The number of rotatable bonds is 3. The second kappa shape index (κ2) is 5.71. The van der Waals surface area contributed by atoms with Gasteiger partial charge in [-0.1, -0.05) is 19.1 Å².